The first-order chi connectivity index (χ1) is 10.5. The number of halogens is 1. The van der Waals surface area contributed by atoms with Gasteiger partial charge in [0.25, 0.3) is 0 Å². The van der Waals surface area contributed by atoms with Crippen LogP contribution in [-0.4, -0.2) is 53.7 Å². The number of benzene rings is 1. The van der Waals surface area contributed by atoms with E-state index in [0.717, 1.165) is 0 Å². The first-order valence-corrected chi connectivity index (χ1v) is 7.54. The summed E-state index contributed by atoms with van der Waals surface area (Å²) in [6.45, 7) is 3.02. The lowest BCUT2D eigenvalue weighted by Crippen LogP contribution is -2.35. The van der Waals surface area contributed by atoms with Crippen LogP contribution in [0.15, 0.2) is 18.2 Å². The Bertz CT molecular complexity index is 523. The molecule has 2 rings (SSSR count). The van der Waals surface area contributed by atoms with E-state index < -0.39 is 18.2 Å². The summed E-state index contributed by atoms with van der Waals surface area (Å²) < 4.78 is 10.9. The highest BCUT2D eigenvalue weighted by molar-refractivity contribution is 6.31. The van der Waals surface area contributed by atoms with E-state index in [0.29, 0.717) is 35.9 Å². The smallest absolute Gasteiger partial charge is 0.407 e. The van der Waals surface area contributed by atoms with Gasteiger partial charge in [-0.3, -0.25) is 4.90 Å². The molecule has 1 amide bonds. The summed E-state index contributed by atoms with van der Waals surface area (Å²) in [6, 6.07) is 4.66. The maximum Gasteiger partial charge on any atom is 0.407 e. The fraction of sp³-hybridized carbons (Fsp3) is 0.533. The summed E-state index contributed by atoms with van der Waals surface area (Å²) in [5.41, 5.74) is 0.690. The van der Waals surface area contributed by atoms with Crippen molar-refractivity contribution >= 4 is 17.7 Å². The van der Waals surface area contributed by atoms with E-state index >= 15 is 0 Å². The second-order valence-electron chi connectivity index (χ2n) is 5.26. The Kier molecular flexibility index (Phi) is 5.88. The minimum absolute atomic E-state index is 0.170. The number of ether oxygens (including phenoxy) is 2. The molecule has 0 aromatic heterocycles. The second kappa shape index (κ2) is 7.67. The molecule has 1 fully saturated rings. The van der Waals surface area contributed by atoms with Crippen LogP contribution in [-0.2, 0) is 4.74 Å². The predicted octanol–water partition coefficient (Wildman–Crippen LogP) is 2.54. The minimum Gasteiger partial charge on any atom is -0.491 e. The normalized spacial score (nSPS) is 20.3. The van der Waals surface area contributed by atoms with Crippen molar-refractivity contribution in [3.05, 3.63) is 28.8 Å². The van der Waals surface area contributed by atoms with Crippen LogP contribution in [0.1, 0.15) is 24.9 Å². The van der Waals surface area contributed by atoms with Crippen LogP contribution in [0, 0.1) is 0 Å². The maximum absolute atomic E-state index is 11.4. The number of nitrogens with zero attached hydrogens (tertiary/aromatic N) is 1. The van der Waals surface area contributed by atoms with Gasteiger partial charge in [0.05, 0.1) is 18.8 Å². The summed E-state index contributed by atoms with van der Waals surface area (Å²) in [7, 11) is 0. The molecule has 0 aliphatic carbocycles. The van der Waals surface area contributed by atoms with E-state index in [1.54, 1.807) is 25.1 Å². The van der Waals surface area contributed by atoms with Gasteiger partial charge in [-0.1, -0.05) is 17.7 Å². The van der Waals surface area contributed by atoms with Crippen molar-refractivity contribution in [3.63, 3.8) is 0 Å². The molecule has 2 N–H and O–H groups in total. The van der Waals surface area contributed by atoms with Gasteiger partial charge in [-0.15, -0.1) is 0 Å². The van der Waals surface area contributed by atoms with Gasteiger partial charge in [0.15, 0.2) is 0 Å². The van der Waals surface area contributed by atoms with E-state index in [2.05, 4.69) is 0 Å². The summed E-state index contributed by atoms with van der Waals surface area (Å²) in [5, 5.41) is 19.0. The number of rotatable bonds is 4. The predicted molar refractivity (Wildman–Crippen MR) is 81.5 cm³/mol. The summed E-state index contributed by atoms with van der Waals surface area (Å²) >= 11 is 6.28. The Morgan fingerprint density at radius 2 is 2.36 bits per heavy atom. The molecular formula is C15H20ClNO5. The number of amides is 1. The van der Waals surface area contributed by atoms with Gasteiger partial charge in [0.1, 0.15) is 12.4 Å². The molecule has 6 nitrogen and oxygen atoms in total. The minimum atomic E-state index is -0.985. The van der Waals surface area contributed by atoms with Gasteiger partial charge >= 0.3 is 6.09 Å². The molecular weight excluding hydrogens is 310 g/mol. The van der Waals surface area contributed by atoms with Crippen molar-refractivity contribution in [1.82, 2.24) is 4.90 Å². The Hall–Kier alpha value is -1.50. The highest BCUT2D eigenvalue weighted by Gasteiger charge is 2.28. The average molecular weight is 330 g/mol. The molecule has 7 heteroatoms. The fourth-order valence-electron chi connectivity index (χ4n) is 2.35. The number of hydrogen-bond acceptors (Lipinski definition) is 4. The van der Waals surface area contributed by atoms with Crippen LogP contribution >= 0.6 is 11.6 Å². The van der Waals surface area contributed by atoms with Crippen LogP contribution < -0.4 is 4.74 Å². The molecule has 22 heavy (non-hydrogen) atoms. The second-order valence-corrected chi connectivity index (χ2v) is 5.67. The van der Waals surface area contributed by atoms with Crippen LogP contribution in [0.3, 0.4) is 0 Å². The van der Waals surface area contributed by atoms with E-state index in [9.17, 15) is 15.0 Å². The zero-order valence-corrected chi connectivity index (χ0v) is 13.1. The first kappa shape index (κ1) is 16.9. The highest BCUT2D eigenvalue weighted by Crippen LogP contribution is 2.32. The lowest BCUT2D eigenvalue weighted by Gasteiger charge is -2.27. The molecule has 2 atom stereocenters. The number of aliphatic hydroxyl groups is 1. The van der Waals surface area contributed by atoms with E-state index in [-0.39, 0.29) is 13.2 Å². The molecule has 0 saturated carbocycles. The number of carboxylic acid groups (broad SMARTS) is 1. The number of hydrogen-bond donors (Lipinski definition) is 2. The highest BCUT2D eigenvalue weighted by atomic mass is 35.5. The van der Waals surface area contributed by atoms with Crippen molar-refractivity contribution in [3.8, 4) is 5.75 Å². The Labute approximate surface area is 134 Å². The third-order valence-electron chi connectivity index (χ3n) is 3.41. The van der Waals surface area contributed by atoms with Crippen molar-refractivity contribution in [2.24, 2.45) is 0 Å². The van der Waals surface area contributed by atoms with E-state index in [1.807, 2.05) is 0 Å². The molecule has 1 aromatic carbocycles. The molecule has 2 unspecified atom stereocenters. The zero-order chi connectivity index (χ0) is 16.1. The summed E-state index contributed by atoms with van der Waals surface area (Å²) in [6.07, 6.45) is -0.895. The molecule has 0 spiro atoms. The SMILES string of the molecule is CC(O)COc1ccc(C2COCCCN2C(=O)O)c(Cl)c1. The van der Waals surface area contributed by atoms with Crippen LogP contribution in [0.5, 0.6) is 5.75 Å². The molecule has 122 valence electrons. The number of carbonyl (C=O) groups is 1. The van der Waals surface area contributed by atoms with Crippen LogP contribution in [0.2, 0.25) is 5.02 Å². The fourth-order valence-corrected chi connectivity index (χ4v) is 2.65. The molecule has 1 aliphatic heterocycles. The molecule has 1 heterocycles. The van der Waals surface area contributed by atoms with Gasteiger partial charge < -0.3 is 19.7 Å². The van der Waals surface area contributed by atoms with Crippen molar-refractivity contribution in [2.75, 3.05) is 26.4 Å². The topological polar surface area (TPSA) is 79.2 Å². The van der Waals surface area contributed by atoms with Crippen molar-refractivity contribution in [1.29, 1.82) is 0 Å². The zero-order valence-electron chi connectivity index (χ0n) is 12.4. The lowest BCUT2D eigenvalue weighted by molar-refractivity contribution is 0.0904. The van der Waals surface area contributed by atoms with Gasteiger partial charge in [-0.25, -0.2) is 4.79 Å². The quantitative estimate of drug-likeness (QED) is 0.887. The first-order valence-electron chi connectivity index (χ1n) is 7.16. The van der Waals surface area contributed by atoms with E-state index in [1.165, 1.54) is 4.90 Å². The summed E-state index contributed by atoms with van der Waals surface area (Å²) in [4.78, 5) is 12.8. The third-order valence-corrected chi connectivity index (χ3v) is 3.73. The van der Waals surface area contributed by atoms with Crippen LogP contribution in [0.25, 0.3) is 0 Å². The molecule has 1 aliphatic rings. The van der Waals surface area contributed by atoms with Gasteiger partial charge in [-0.05, 0) is 31.0 Å². The van der Waals surface area contributed by atoms with Gasteiger partial charge in [0.2, 0.25) is 0 Å². The van der Waals surface area contributed by atoms with Gasteiger partial charge in [-0.2, -0.15) is 0 Å². The average Bonchev–Trinajstić information content (AvgIpc) is 2.71. The van der Waals surface area contributed by atoms with Crippen molar-refractivity contribution in [2.45, 2.75) is 25.5 Å². The lowest BCUT2D eigenvalue weighted by atomic mass is 10.1. The van der Waals surface area contributed by atoms with Crippen LogP contribution in [0.4, 0.5) is 4.79 Å². The molecule has 0 radical (unpaired) electrons. The Morgan fingerprint density at radius 1 is 1.59 bits per heavy atom. The largest absolute Gasteiger partial charge is 0.491 e. The Morgan fingerprint density at radius 3 is 3.00 bits per heavy atom. The third kappa shape index (κ3) is 4.25. The molecule has 1 aromatic rings. The van der Waals surface area contributed by atoms with Gasteiger partial charge in [0, 0.05) is 18.2 Å². The van der Waals surface area contributed by atoms with E-state index in [4.69, 9.17) is 21.1 Å². The summed E-state index contributed by atoms with van der Waals surface area (Å²) in [5.74, 6) is 0.533. The standard InChI is InChI=1S/C15H20ClNO5/c1-10(18)8-22-11-3-4-12(13(16)7-11)14-9-21-6-2-5-17(14)15(19)20/h3-4,7,10,14,18H,2,5-6,8-9H2,1H3,(H,19,20). The molecule has 1 saturated heterocycles. The van der Waals surface area contributed by atoms with Crippen molar-refractivity contribution < 1.29 is 24.5 Å². The maximum atomic E-state index is 11.4. The monoisotopic (exact) mass is 329 g/mol. The number of aliphatic hydroxyl groups excluding tert-OH is 1. The Balaban J connectivity index is 2.20. The molecule has 0 bridgehead atoms.